The van der Waals surface area contributed by atoms with Gasteiger partial charge in [0.25, 0.3) is 5.91 Å². The second kappa shape index (κ2) is 11.4. The Labute approximate surface area is 199 Å². The van der Waals surface area contributed by atoms with Crippen LogP contribution in [-0.4, -0.2) is 47.9 Å². The molecule has 11 heteroatoms. The zero-order valence-corrected chi connectivity index (χ0v) is 20.7. The molecule has 0 spiro atoms. The first-order chi connectivity index (χ1) is 15.8. The summed E-state index contributed by atoms with van der Waals surface area (Å²) in [4.78, 5) is 21.4. The van der Waals surface area contributed by atoms with Gasteiger partial charge < -0.3 is 29.7 Å². The van der Waals surface area contributed by atoms with Crippen LogP contribution < -0.4 is 15.1 Å². The number of amidine groups is 1. The molecule has 0 fully saturated rings. The highest BCUT2D eigenvalue weighted by molar-refractivity contribution is 7.98. The summed E-state index contributed by atoms with van der Waals surface area (Å²) in [5.74, 6) is -0.314. The summed E-state index contributed by atoms with van der Waals surface area (Å²) in [5, 5.41) is 25.4. The highest BCUT2D eigenvalue weighted by Gasteiger charge is 2.27. The van der Waals surface area contributed by atoms with Crippen molar-refractivity contribution in [3.63, 3.8) is 0 Å². The number of benzene rings is 1. The van der Waals surface area contributed by atoms with Crippen molar-refractivity contribution in [1.29, 1.82) is 5.41 Å². The number of carbonyl (C=O) groups excluding carboxylic acids is 1. The lowest BCUT2D eigenvalue weighted by Gasteiger charge is -2.21. The topological polar surface area (TPSA) is 135 Å². The Morgan fingerprint density at radius 2 is 2.15 bits per heavy atom. The van der Waals surface area contributed by atoms with Crippen LogP contribution in [0, 0.1) is 11.3 Å². The summed E-state index contributed by atoms with van der Waals surface area (Å²) in [6.45, 7) is 6.56. The Balaban J connectivity index is 1.94. The van der Waals surface area contributed by atoms with Crippen molar-refractivity contribution in [3.05, 3.63) is 53.6 Å². The predicted molar refractivity (Wildman–Crippen MR) is 136 cm³/mol. The molecule has 9 nitrogen and oxygen atoms in total. The third kappa shape index (κ3) is 6.37. The zero-order chi connectivity index (χ0) is 24.0. The Bertz CT molecular complexity index is 1070. The molecular formula is C22H29N6O3PS. The molecule has 3 rings (SSSR count). The van der Waals surface area contributed by atoms with Crippen molar-refractivity contribution in [1.82, 2.24) is 15.0 Å². The molecule has 0 aliphatic carbocycles. The SMILES string of the molecule is COP(C)Nc1ccc2c(c1)SNC(/C(C(=O)NCCC(C)C)=C(\O)C(=N)c1cc[nH]c1)=N2. The number of nitrogens with zero attached hydrogens (tertiary/aromatic N) is 1. The number of nitrogens with one attached hydrogen (secondary N) is 5. The zero-order valence-electron chi connectivity index (χ0n) is 19.0. The normalized spacial score (nSPS) is 14.5. The van der Waals surface area contributed by atoms with Gasteiger partial charge in [0.1, 0.15) is 19.6 Å². The lowest BCUT2D eigenvalue weighted by molar-refractivity contribution is -0.117. The summed E-state index contributed by atoms with van der Waals surface area (Å²) < 4.78 is 8.36. The average Bonchev–Trinajstić information content (AvgIpc) is 3.33. The minimum atomic E-state index is -0.776. The number of anilines is 1. The van der Waals surface area contributed by atoms with E-state index in [1.54, 1.807) is 25.6 Å². The largest absolute Gasteiger partial charge is 0.505 e. The van der Waals surface area contributed by atoms with Crippen LogP contribution in [-0.2, 0) is 9.32 Å². The standard InChI is InChI=1S/C22H29N6O3PS/c1-13(2)7-10-25-22(30)18(20(29)19(23)14-8-9-24-12-14)21-26-16-6-5-15(27-32(4)31-3)11-17(16)33-28-21/h5-6,8-9,11-13,23-24,27,29H,7,10H2,1-4H3,(H,25,30)(H,26,28)/b20-18+,23-19?. The quantitative estimate of drug-likeness (QED) is 0.0944. The molecule has 0 bridgehead atoms. The van der Waals surface area contributed by atoms with Crippen LogP contribution in [0.25, 0.3) is 0 Å². The second-order valence-electron chi connectivity index (χ2n) is 7.78. The fourth-order valence-electron chi connectivity index (χ4n) is 2.97. The molecule has 2 aromatic rings. The van der Waals surface area contributed by atoms with Gasteiger partial charge in [0.05, 0.1) is 10.6 Å². The van der Waals surface area contributed by atoms with E-state index < -0.39 is 20.0 Å². The first kappa shape index (κ1) is 24.8. The van der Waals surface area contributed by atoms with Crippen molar-refractivity contribution in [2.75, 3.05) is 25.4 Å². The highest BCUT2D eigenvalue weighted by atomic mass is 32.2. The number of allylic oxidation sites excluding steroid dienone is 1. The fraction of sp³-hybridized carbons (Fsp3) is 0.318. The van der Waals surface area contributed by atoms with Crippen LogP contribution in [0.3, 0.4) is 0 Å². The molecule has 1 amide bonds. The van der Waals surface area contributed by atoms with Gasteiger partial charge in [-0.2, -0.15) is 0 Å². The van der Waals surface area contributed by atoms with Gasteiger partial charge in [0, 0.05) is 37.3 Å². The number of amides is 1. The van der Waals surface area contributed by atoms with Crippen molar-refractivity contribution >= 4 is 49.1 Å². The number of aliphatic hydroxyl groups is 1. The van der Waals surface area contributed by atoms with Crippen LogP contribution in [0.5, 0.6) is 0 Å². The Kier molecular flexibility index (Phi) is 8.55. The van der Waals surface area contributed by atoms with E-state index in [0.717, 1.165) is 17.0 Å². The van der Waals surface area contributed by atoms with Gasteiger partial charge >= 0.3 is 0 Å². The molecule has 1 aromatic heterocycles. The fourth-order valence-corrected chi connectivity index (χ4v) is 4.32. The van der Waals surface area contributed by atoms with E-state index in [9.17, 15) is 9.90 Å². The third-order valence-electron chi connectivity index (χ3n) is 4.84. The van der Waals surface area contributed by atoms with Gasteiger partial charge in [-0.25, -0.2) is 4.99 Å². The van der Waals surface area contributed by atoms with E-state index in [1.807, 2.05) is 24.9 Å². The molecule has 1 aliphatic rings. The van der Waals surface area contributed by atoms with Crippen LogP contribution in [0.1, 0.15) is 25.8 Å². The number of carbonyl (C=O) groups is 1. The lowest BCUT2D eigenvalue weighted by Crippen LogP contribution is -2.36. The van der Waals surface area contributed by atoms with E-state index >= 15 is 0 Å². The number of aromatic amines is 1. The number of H-pyrrole nitrogens is 1. The van der Waals surface area contributed by atoms with Gasteiger partial charge in [-0.3, -0.25) is 10.2 Å². The second-order valence-corrected chi connectivity index (χ2v) is 10.2. The third-order valence-corrected chi connectivity index (χ3v) is 6.80. The summed E-state index contributed by atoms with van der Waals surface area (Å²) >= 11 is 1.29. The maximum atomic E-state index is 13.1. The van der Waals surface area contributed by atoms with Crippen LogP contribution in [0.4, 0.5) is 11.4 Å². The van der Waals surface area contributed by atoms with Crippen molar-refractivity contribution in [3.8, 4) is 0 Å². The number of aliphatic imine (C=N–C) groups is 1. The van der Waals surface area contributed by atoms with E-state index in [4.69, 9.17) is 9.93 Å². The van der Waals surface area contributed by atoms with Gasteiger partial charge in [-0.15, -0.1) is 0 Å². The molecule has 2 heterocycles. The number of aliphatic hydroxyl groups excluding tert-OH is 1. The molecule has 0 saturated heterocycles. The summed E-state index contributed by atoms with van der Waals surface area (Å²) in [7, 11) is 0.879. The first-order valence-corrected chi connectivity index (χ1v) is 13.0. The van der Waals surface area contributed by atoms with Gasteiger partial charge in [0.15, 0.2) is 11.6 Å². The average molecular weight is 489 g/mol. The van der Waals surface area contributed by atoms with Crippen LogP contribution in [0.2, 0.25) is 0 Å². The van der Waals surface area contributed by atoms with Crippen molar-refractivity contribution < 1.29 is 14.4 Å². The molecule has 1 aromatic carbocycles. The molecule has 6 N–H and O–H groups in total. The summed E-state index contributed by atoms with van der Waals surface area (Å²) in [6, 6.07) is 7.33. The number of fused-ring (bicyclic) bond motifs is 1. The smallest absolute Gasteiger partial charge is 0.258 e. The Morgan fingerprint density at radius 3 is 2.82 bits per heavy atom. The Hall–Kier alpha value is -2.81. The van der Waals surface area contributed by atoms with Crippen molar-refractivity contribution in [2.45, 2.75) is 25.2 Å². The summed E-state index contributed by atoms with van der Waals surface area (Å²) in [6.07, 6.45) is 4.03. The van der Waals surface area contributed by atoms with Gasteiger partial charge in [-0.1, -0.05) is 13.8 Å². The molecule has 33 heavy (non-hydrogen) atoms. The lowest BCUT2D eigenvalue weighted by atomic mass is 10.1. The maximum absolute atomic E-state index is 13.1. The van der Waals surface area contributed by atoms with E-state index in [0.29, 0.717) is 23.7 Å². The molecule has 1 aliphatic heterocycles. The van der Waals surface area contributed by atoms with E-state index in [1.165, 1.54) is 11.9 Å². The number of aromatic nitrogens is 1. The highest BCUT2D eigenvalue weighted by Crippen LogP contribution is 2.38. The molecule has 1 atom stereocenters. The van der Waals surface area contributed by atoms with E-state index in [-0.39, 0.29) is 17.1 Å². The Morgan fingerprint density at radius 1 is 1.36 bits per heavy atom. The summed E-state index contributed by atoms with van der Waals surface area (Å²) in [5.41, 5.74) is 1.79. The van der Waals surface area contributed by atoms with Crippen LogP contribution in [0.15, 0.2) is 57.9 Å². The van der Waals surface area contributed by atoms with Crippen LogP contribution >= 0.6 is 20.2 Å². The molecule has 1 unspecified atom stereocenters. The van der Waals surface area contributed by atoms with Gasteiger partial charge in [0.2, 0.25) is 0 Å². The van der Waals surface area contributed by atoms with Crippen molar-refractivity contribution in [2.24, 2.45) is 10.9 Å². The van der Waals surface area contributed by atoms with E-state index in [2.05, 4.69) is 39.0 Å². The monoisotopic (exact) mass is 488 g/mol. The predicted octanol–water partition coefficient (Wildman–Crippen LogP) is 4.70. The maximum Gasteiger partial charge on any atom is 0.258 e. The number of rotatable bonds is 10. The molecule has 176 valence electrons. The van der Waals surface area contributed by atoms with Gasteiger partial charge in [-0.05, 0) is 55.2 Å². The first-order valence-electron chi connectivity index (χ1n) is 10.4. The minimum absolute atomic E-state index is 0.0678. The molecule has 0 saturated carbocycles. The molecule has 0 radical (unpaired) electrons. The number of hydrogen-bond donors (Lipinski definition) is 6. The molecular weight excluding hydrogens is 459 g/mol. The minimum Gasteiger partial charge on any atom is -0.505 e. The number of hydrogen-bond acceptors (Lipinski definition) is 8.